The average Bonchev–Trinajstić information content (AvgIpc) is 3.34. The number of alkyl carbamates (subject to hydrolysis) is 1. The molecule has 2 amide bonds. The van der Waals surface area contributed by atoms with Crippen LogP contribution in [0.5, 0.6) is 0 Å². The zero-order valence-electron chi connectivity index (χ0n) is 24.6. The first-order chi connectivity index (χ1) is 21.6. The van der Waals surface area contributed by atoms with Crippen LogP contribution in [0.2, 0.25) is 5.02 Å². The number of alkyl halides is 2. The summed E-state index contributed by atoms with van der Waals surface area (Å²) in [6.45, 7) is 1.69. The molecule has 0 spiro atoms. The fourth-order valence-electron chi connectivity index (χ4n) is 6.56. The summed E-state index contributed by atoms with van der Waals surface area (Å²) in [6, 6.07) is 22.8. The number of rotatable bonds is 7. The summed E-state index contributed by atoms with van der Waals surface area (Å²) < 4.78 is 35.3. The summed E-state index contributed by atoms with van der Waals surface area (Å²) in [7, 11) is 0. The number of aromatic nitrogens is 1. The molecule has 2 N–H and O–H groups in total. The lowest BCUT2D eigenvalue weighted by Crippen LogP contribution is -2.51. The van der Waals surface area contributed by atoms with Crippen LogP contribution in [0.1, 0.15) is 48.4 Å². The maximum Gasteiger partial charge on any atom is 0.407 e. The molecule has 6 rings (SSSR count). The molecule has 2 aliphatic rings. The third-order valence-electron chi connectivity index (χ3n) is 8.78. The van der Waals surface area contributed by atoms with Gasteiger partial charge in [-0.05, 0) is 58.7 Å². The van der Waals surface area contributed by atoms with E-state index in [0.29, 0.717) is 34.0 Å². The van der Waals surface area contributed by atoms with Crippen molar-refractivity contribution in [2.24, 2.45) is 5.92 Å². The average molecular weight is 632 g/mol. The molecule has 0 bridgehead atoms. The Balaban J connectivity index is 1.18. The second-order valence-electron chi connectivity index (χ2n) is 11.7. The number of pyridine rings is 1. The highest BCUT2D eigenvalue weighted by atomic mass is 35.5. The van der Waals surface area contributed by atoms with Crippen molar-refractivity contribution in [3.8, 4) is 22.3 Å². The van der Waals surface area contributed by atoms with Crippen LogP contribution in [0.25, 0.3) is 22.3 Å². The van der Waals surface area contributed by atoms with Crippen LogP contribution in [0.15, 0.2) is 85.1 Å². The van der Waals surface area contributed by atoms with Gasteiger partial charge in [-0.25, -0.2) is 13.6 Å². The Hall–Kier alpha value is -4.50. The van der Waals surface area contributed by atoms with Crippen molar-refractivity contribution >= 4 is 29.3 Å². The highest BCUT2D eigenvalue weighted by molar-refractivity contribution is 6.33. The van der Waals surface area contributed by atoms with E-state index in [2.05, 4.69) is 10.6 Å². The Bertz CT molecular complexity index is 1700. The third kappa shape index (κ3) is 6.35. The molecule has 0 aliphatic heterocycles. The van der Waals surface area contributed by atoms with Crippen molar-refractivity contribution in [2.75, 3.05) is 11.9 Å². The van der Waals surface area contributed by atoms with Crippen molar-refractivity contribution in [1.29, 1.82) is 0 Å². The Kier molecular flexibility index (Phi) is 8.46. The van der Waals surface area contributed by atoms with Crippen LogP contribution in [0.4, 0.5) is 19.3 Å². The number of halogens is 3. The van der Waals surface area contributed by atoms with Gasteiger partial charge in [-0.1, -0.05) is 72.3 Å². The molecule has 4 aromatic rings. The Morgan fingerprint density at radius 1 is 1.02 bits per heavy atom. The van der Waals surface area contributed by atoms with Gasteiger partial charge in [0.2, 0.25) is 11.8 Å². The molecular weight excluding hydrogens is 600 g/mol. The van der Waals surface area contributed by atoms with Crippen LogP contribution in [0.3, 0.4) is 0 Å². The van der Waals surface area contributed by atoms with Crippen molar-refractivity contribution < 1.29 is 27.8 Å². The number of hydrogen-bond donors (Lipinski definition) is 2. The Morgan fingerprint density at radius 2 is 1.67 bits per heavy atom. The lowest BCUT2D eigenvalue weighted by Gasteiger charge is -2.34. The number of carbonyl (C=O) groups excluding carboxylic acids is 2. The molecule has 45 heavy (non-hydrogen) atoms. The highest BCUT2D eigenvalue weighted by Gasteiger charge is 2.42. The number of anilines is 1. The monoisotopic (exact) mass is 631 g/mol. The molecule has 1 fully saturated rings. The summed E-state index contributed by atoms with van der Waals surface area (Å²) in [5.41, 5.74) is 6.27. The van der Waals surface area contributed by atoms with Crippen LogP contribution >= 0.6 is 11.6 Å². The van der Waals surface area contributed by atoms with Crippen molar-refractivity contribution in [3.05, 3.63) is 112 Å². The second kappa shape index (κ2) is 12.5. The molecule has 2 atom stereocenters. The van der Waals surface area contributed by atoms with Gasteiger partial charge in [0.25, 0.3) is 0 Å². The summed E-state index contributed by atoms with van der Waals surface area (Å²) >= 11 is 6.34. The van der Waals surface area contributed by atoms with Crippen molar-refractivity contribution in [1.82, 2.24) is 5.32 Å². The molecule has 1 aromatic heterocycles. The lowest BCUT2D eigenvalue weighted by molar-refractivity contribution is -0.611. The highest BCUT2D eigenvalue weighted by Crippen LogP contribution is 2.44. The maximum atomic E-state index is 14.5. The summed E-state index contributed by atoms with van der Waals surface area (Å²) in [6.07, 6.45) is 0.302. The second-order valence-corrected chi connectivity index (χ2v) is 12.1. The lowest BCUT2D eigenvalue weighted by atomic mass is 9.81. The van der Waals surface area contributed by atoms with E-state index < -0.39 is 36.3 Å². The minimum Gasteiger partial charge on any atom is -0.618 e. The number of carbonyl (C=O) groups is 2. The first kappa shape index (κ1) is 30.5. The van der Waals surface area contributed by atoms with E-state index in [9.17, 15) is 23.6 Å². The molecule has 1 saturated carbocycles. The van der Waals surface area contributed by atoms with E-state index >= 15 is 0 Å². The standard InChI is InChI=1S/C35H32ClF2N3O4/c1-21-31(30(36)16-18-41(21)44)22-12-14-24(15-13-22)39-33(42)32(23-7-6-17-35(37,38)19-23)40-34(43)45-20-29-27-10-4-2-8-25(27)26-9-3-5-11-28(26)29/h2-5,8-16,18,23,29,32H,6-7,17,19-20H2,1H3,(H,39,42)(H,40,43)/t23-,32-/m0/s1. The van der Waals surface area contributed by atoms with E-state index in [-0.39, 0.29) is 25.4 Å². The van der Waals surface area contributed by atoms with E-state index in [4.69, 9.17) is 16.3 Å². The minimum absolute atomic E-state index is 0.0291. The number of fused-ring (bicyclic) bond motifs is 3. The normalized spacial score (nSPS) is 17.6. The number of hydrogen-bond acceptors (Lipinski definition) is 4. The maximum absolute atomic E-state index is 14.5. The molecule has 232 valence electrons. The minimum atomic E-state index is -2.93. The van der Waals surface area contributed by atoms with Crippen LogP contribution < -0.4 is 15.4 Å². The van der Waals surface area contributed by atoms with Gasteiger partial charge in [-0.15, -0.1) is 0 Å². The first-order valence-corrected chi connectivity index (χ1v) is 15.3. The topological polar surface area (TPSA) is 94.4 Å². The number of amides is 2. The largest absolute Gasteiger partial charge is 0.618 e. The smallest absolute Gasteiger partial charge is 0.407 e. The van der Waals surface area contributed by atoms with Gasteiger partial charge < -0.3 is 20.6 Å². The predicted molar refractivity (Wildman–Crippen MR) is 168 cm³/mol. The fraction of sp³-hybridized carbons (Fsp3) is 0.286. The molecule has 2 aliphatic carbocycles. The molecular formula is C35H32ClF2N3O4. The van der Waals surface area contributed by atoms with E-state index in [1.165, 1.54) is 12.3 Å². The quantitative estimate of drug-likeness (QED) is 0.162. The number of benzene rings is 3. The van der Waals surface area contributed by atoms with Gasteiger partial charge >= 0.3 is 6.09 Å². The summed E-state index contributed by atoms with van der Waals surface area (Å²) in [5.74, 6) is -4.53. The first-order valence-electron chi connectivity index (χ1n) is 14.9. The van der Waals surface area contributed by atoms with Crippen LogP contribution in [-0.2, 0) is 9.53 Å². The van der Waals surface area contributed by atoms with Gasteiger partial charge in [-0.2, -0.15) is 4.73 Å². The van der Waals surface area contributed by atoms with Crippen molar-refractivity contribution in [3.63, 3.8) is 0 Å². The van der Waals surface area contributed by atoms with E-state index in [0.717, 1.165) is 27.0 Å². The summed E-state index contributed by atoms with van der Waals surface area (Å²) in [4.78, 5) is 26.7. The Morgan fingerprint density at radius 3 is 2.31 bits per heavy atom. The van der Waals surface area contributed by atoms with E-state index in [1.54, 1.807) is 31.2 Å². The SMILES string of the molecule is Cc1c(-c2ccc(NC(=O)[C@@H](NC(=O)OCC3c4ccccc4-c4ccccc43)[C@H]3CCCC(F)(F)C3)cc2)c(Cl)cc[n+]1[O-]. The molecule has 10 heteroatoms. The Labute approximate surface area is 264 Å². The van der Waals surface area contributed by atoms with Gasteiger partial charge in [0.15, 0.2) is 11.9 Å². The molecule has 1 heterocycles. The zero-order valence-corrected chi connectivity index (χ0v) is 25.3. The molecule has 0 unspecified atom stereocenters. The van der Waals surface area contributed by atoms with Gasteiger partial charge in [0.05, 0.1) is 10.6 Å². The van der Waals surface area contributed by atoms with Crippen LogP contribution in [0, 0.1) is 18.0 Å². The third-order valence-corrected chi connectivity index (χ3v) is 9.09. The van der Waals surface area contributed by atoms with Gasteiger partial charge in [0, 0.05) is 37.4 Å². The fourth-order valence-corrected chi connectivity index (χ4v) is 6.86. The number of nitrogens with zero attached hydrogens (tertiary/aromatic N) is 1. The molecule has 0 radical (unpaired) electrons. The predicted octanol–water partition coefficient (Wildman–Crippen LogP) is 7.62. The molecule has 0 saturated heterocycles. The molecule has 3 aromatic carbocycles. The van der Waals surface area contributed by atoms with Crippen LogP contribution in [-0.4, -0.2) is 30.6 Å². The van der Waals surface area contributed by atoms with Crippen molar-refractivity contribution in [2.45, 2.75) is 50.5 Å². The van der Waals surface area contributed by atoms with E-state index in [1.807, 2.05) is 48.5 Å². The number of ether oxygens (including phenoxy) is 1. The van der Waals surface area contributed by atoms with Gasteiger partial charge in [0.1, 0.15) is 12.6 Å². The number of nitrogens with one attached hydrogen (secondary N) is 2. The molecule has 7 nitrogen and oxygen atoms in total. The van der Waals surface area contributed by atoms with Gasteiger partial charge in [-0.3, -0.25) is 4.79 Å². The summed E-state index contributed by atoms with van der Waals surface area (Å²) in [5, 5.41) is 17.8. The zero-order chi connectivity index (χ0) is 31.7.